The number of benzene rings is 2. The highest BCUT2D eigenvalue weighted by Crippen LogP contribution is 2.29. The number of amides is 1. The summed E-state index contributed by atoms with van der Waals surface area (Å²) in [5.41, 5.74) is 1.07. The van der Waals surface area contributed by atoms with Gasteiger partial charge in [-0.05, 0) is 48.5 Å². The first-order valence-electron chi connectivity index (χ1n) is 8.09. The van der Waals surface area contributed by atoms with Crippen LogP contribution in [0.15, 0.2) is 52.9 Å². The number of methoxy groups -OCH3 is 2. The number of carbonyl (C=O) groups is 1. The Labute approximate surface area is 161 Å². The fourth-order valence-electron chi connectivity index (χ4n) is 2.60. The number of carbonyl (C=O) groups excluding carboxylic acids is 1. The lowest BCUT2D eigenvalue weighted by atomic mass is 10.1. The van der Waals surface area contributed by atoms with Gasteiger partial charge >= 0.3 is 0 Å². The molecular formula is C20H18ClNO5. The van der Waals surface area contributed by atoms with E-state index in [-0.39, 0.29) is 17.2 Å². The largest absolute Gasteiger partial charge is 0.506 e. The predicted molar refractivity (Wildman–Crippen MR) is 102 cm³/mol. The maximum atomic E-state index is 12.4. The van der Waals surface area contributed by atoms with E-state index in [1.165, 1.54) is 18.2 Å². The highest BCUT2D eigenvalue weighted by molar-refractivity contribution is 6.31. The molecule has 3 aromatic rings. The number of furan rings is 1. The maximum Gasteiger partial charge on any atom is 0.291 e. The van der Waals surface area contributed by atoms with E-state index in [1.807, 2.05) is 12.1 Å². The molecular weight excluding hydrogens is 370 g/mol. The normalized spacial score (nSPS) is 10.5. The molecule has 0 atom stereocenters. The Balaban J connectivity index is 1.77. The summed E-state index contributed by atoms with van der Waals surface area (Å²) in [5, 5.41) is 12.8. The second-order valence-corrected chi connectivity index (χ2v) is 6.17. The summed E-state index contributed by atoms with van der Waals surface area (Å²) in [5.74, 6) is 1.53. The quantitative estimate of drug-likeness (QED) is 0.609. The molecule has 2 N–H and O–H groups in total. The number of rotatable bonds is 6. The summed E-state index contributed by atoms with van der Waals surface area (Å²) in [4.78, 5) is 12.4. The van der Waals surface area contributed by atoms with Crippen LogP contribution in [0.2, 0.25) is 5.02 Å². The van der Waals surface area contributed by atoms with Crippen LogP contribution < -0.4 is 14.8 Å². The lowest BCUT2D eigenvalue weighted by Gasteiger charge is -2.09. The lowest BCUT2D eigenvalue weighted by Crippen LogP contribution is -2.11. The van der Waals surface area contributed by atoms with Gasteiger partial charge in [-0.25, -0.2) is 0 Å². The SMILES string of the molecule is COc1ccc(OC)c(Cc2ccc(C(=O)Nc3cc(Cl)ccc3O)o2)c1. The third-order valence-corrected chi connectivity index (χ3v) is 4.18. The zero-order valence-corrected chi connectivity index (χ0v) is 15.5. The van der Waals surface area contributed by atoms with Crippen molar-refractivity contribution >= 4 is 23.2 Å². The minimum atomic E-state index is -0.489. The molecule has 0 radical (unpaired) electrons. The molecule has 0 spiro atoms. The molecule has 0 aliphatic carbocycles. The van der Waals surface area contributed by atoms with Crippen LogP contribution in [0.1, 0.15) is 21.9 Å². The number of hydrogen-bond donors (Lipinski definition) is 2. The van der Waals surface area contributed by atoms with E-state index in [4.69, 9.17) is 25.5 Å². The van der Waals surface area contributed by atoms with Crippen molar-refractivity contribution in [3.8, 4) is 17.2 Å². The first kappa shape index (κ1) is 18.7. The summed E-state index contributed by atoms with van der Waals surface area (Å²) in [6, 6.07) is 13.1. The van der Waals surface area contributed by atoms with Crippen molar-refractivity contribution in [3.05, 3.63) is 70.6 Å². The van der Waals surface area contributed by atoms with Gasteiger partial charge in [-0.15, -0.1) is 0 Å². The average molecular weight is 388 g/mol. The summed E-state index contributed by atoms with van der Waals surface area (Å²) in [6.07, 6.45) is 0.427. The van der Waals surface area contributed by atoms with Crippen molar-refractivity contribution in [1.82, 2.24) is 0 Å². The van der Waals surface area contributed by atoms with Gasteiger partial charge < -0.3 is 24.3 Å². The van der Waals surface area contributed by atoms with E-state index in [9.17, 15) is 9.90 Å². The molecule has 0 saturated heterocycles. The van der Waals surface area contributed by atoms with Gasteiger partial charge in [0.05, 0.1) is 19.9 Å². The van der Waals surface area contributed by atoms with E-state index < -0.39 is 5.91 Å². The molecule has 7 heteroatoms. The predicted octanol–water partition coefficient (Wildman–Crippen LogP) is 4.50. The van der Waals surface area contributed by atoms with Crippen molar-refractivity contribution < 1.29 is 23.8 Å². The fourth-order valence-corrected chi connectivity index (χ4v) is 2.77. The summed E-state index contributed by atoms with van der Waals surface area (Å²) in [6.45, 7) is 0. The summed E-state index contributed by atoms with van der Waals surface area (Å²) < 4.78 is 16.2. The molecule has 0 fully saturated rings. The van der Waals surface area contributed by atoms with Gasteiger partial charge in [0.2, 0.25) is 0 Å². The molecule has 2 aromatic carbocycles. The maximum absolute atomic E-state index is 12.4. The number of hydrogen-bond acceptors (Lipinski definition) is 5. The van der Waals surface area contributed by atoms with Gasteiger partial charge in [-0.1, -0.05) is 11.6 Å². The fraction of sp³-hybridized carbons (Fsp3) is 0.150. The minimum absolute atomic E-state index is 0.0827. The summed E-state index contributed by atoms with van der Waals surface area (Å²) in [7, 11) is 3.18. The van der Waals surface area contributed by atoms with E-state index in [0.717, 1.165) is 5.56 Å². The molecule has 1 amide bonds. The van der Waals surface area contributed by atoms with Crippen LogP contribution in [0.25, 0.3) is 0 Å². The van der Waals surface area contributed by atoms with Crippen molar-refractivity contribution in [2.45, 2.75) is 6.42 Å². The highest BCUT2D eigenvalue weighted by Gasteiger charge is 2.15. The highest BCUT2D eigenvalue weighted by atomic mass is 35.5. The van der Waals surface area contributed by atoms with E-state index in [2.05, 4.69) is 5.32 Å². The second-order valence-electron chi connectivity index (χ2n) is 5.74. The van der Waals surface area contributed by atoms with Crippen molar-refractivity contribution in [3.63, 3.8) is 0 Å². The Hall–Kier alpha value is -3.12. The van der Waals surface area contributed by atoms with Gasteiger partial charge in [-0.2, -0.15) is 0 Å². The van der Waals surface area contributed by atoms with Crippen LogP contribution in [0.5, 0.6) is 17.2 Å². The van der Waals surface area contributed by atoms with Crippen LogP contribution >= 0.6 is 11.6 Å². The van der Waals surface area contributed by atoms with Crippen molar-refractivity contribution in [2.24, 2.45) is 0 Å². The third kappa shape index (κ3) is 4.35. The molecule has 140 valence electrons. The smallest absolute Gasteiger partial charge is 0.291 e. The molecule has 1 heterocycles. The van der Waals surface area contributed by atoms with E-state index >= 15 is 0 Å². The van der Waals surface area contributed by atoms with Gasteiger partial charge in [0, 0.05) is 17.0 Å². The Kier molecular flexibility index (Phi) is 5.57. The number of nitrogens with one attached hydrogen (secondary N) is 1. The molecule has 0 saturated carbocycles. The molecule has 0 unspecified atom stereocenters. The Morgan fingerprint density at radius 1 is 1.11 bits per heavy atom. The van der Waals surface area contributed by atoms with E-state index in [1.54, 1.807) is 32.4 Å². The molecule has 1 aromatic heterocycles. The van der Waals surface area contributed by atoms with E-state index in [0.29, 0.717) is 28.7 Å². The lowest BCUT2D eigenvalue weighted by molar-refractivity contribution is 0.0994. The second kappa shape index (κ2) is 8.05. The average Bonchev–Trinajstić information content (AvgIpc) is 3.13. The number of halogens is 1. The number of ether oxygens (including phenoxy) is 2. The van der Waals surface area contributed by atoms with Gasteiger partial charge in [-0.3, -0.25) is 4.79 Å². The summed E-state index contributed by atoms with van der Waals surface area (Å²) >= 11 is 5.89. The van der Waals surface area contributed by atoms with Crippen molar-refractivity contribution in [2.75, 3.05) is 19.5 Å². The topological polar surface area (TPSA) is 80.9 Å². The zero-order chi connectivity index (χ0) is 19.4. The standard InChI is InChI=1S/C20H18ClNO5/c1-25-14-4-7-18(26-2)12(9-14)10-15-5-8-19(27-15)20(24)22-16-11-13(21)3-6-17(16)23/h3-9,11,23H,10H2,1-2H3,(H,22,24). The monoisotopic (exact) mass is 387 g/mol. The van der Waals surface area contributed by atoms with Gasteiger partial charge in [0.25, 0.3) is 5.91 Å². The van der Waals surface area contributed by atoms with Crippen molar-refractivity contribution in [1.29, 1.82) is 0 Å². The number of anilines is 1. The van der Waals surface area contributed by atoms with Gasteiger partial charge in [0.1, 0.15) is 23.0 Å². The molecule has 0 bridgehead atoms. The first-order valence-corrected chi connectivity index (χ1v) is 8.47. The Morgan fingerprint density at radius 2 is 1.93 bits per heavy atom. The van der Waals surface area contributed by atoms with Gasteiger partial charge in [0.15, 0.2) is 5.76 Å². The Bertz CT molecular complexity index is 967. The van der Waals surface area contributed by atoms with Crippen LogP contribution in [-0.4, -0.2) is 25.2 Å². The minimum Gasteiger partial charge on any atom is -0.506 e. The number of phenols is 1. The first-order chi connectivity index (χ1) is 13.0. The zero-order valence-electron chi connectivity index (χ0n) is 14.8. The third-order valence-electron chi connectivity index (χ3n) is 3.94. The molecule has 27 heavy (non-hydrogen) atoms. The molecule has 3 rings (SSSR count). The Morgan fingerprint density at radius 3 is 2.67 bits per heavy atom. The van der Waals surface area contributed by atoms with Crippen LogP contribution in [-0.2, 0) is 6.42 Å². The molecule has 6 nitrogen and oxygen atoms in total. The van der Waals surface area contributed by atoms with Crippen LogP contribution in [0.3, 0.4) is 0 Å². The van der Waals surface area contributed by atoms with Crippen LogP contribution in [0.4, 0.5) is 5.69 Å². The van der Waals surface area contributed by atoms with Crippen LogP contribution in [0, 0.1) is 0 Å². The number of aromatic hydroxyl groups is 1. The number of phenolic OH excluding ortho intramolecular Hbond substituents is 1. The molecule has 0 aliphatic rings. The molecule has 0 aliphatic heterocycles.